The second-order valence-electron chi connectivity index (χ2n) is 6.01. The van der Waals surface area contributed by atoms with E-state index < -0.39 is 11.6 Å². The largest absolute Gasteiger partial charge is 0.347 e. The van der Waals surface area contributed by atoms with Gasteiger partial charge in [-0.2, -0.15) is 0 Å². The van der Waals surface area contributed by atoms with Gasteiger partial charge in [0, 0.05) is 26.2 Å². The third kappa shape index (κ3) is 5.42. The fourth-order valence-corrected chi connectivity index (χ4v) is 2.25. The van der Waals surface area contributed by atoms with Gasteiger partial charge in [0.2, 0.25) is 5.91 Å². The Kier molecular flexibility index (Phi) is 6.27. The molecule has 2 atom stereocenters. The predicted molar refractivity (Wildman–Crippen MR) is 79.8 cm³/mol. The number of rotatable bonds is 6. The van der Waals surface area contributed by atoms with Crippen LogP contribution in [0.15, 0.2) is 18.2 Å². The van der Waals surface area contributed by atoms with Crippen molar-refractivity contribution in [1.82, 2.24) is 10.2 Å². The SMILES string of the molecule is CC(C)CC(NC(C)c1cc(F)cc(F)c1)C(=O)N(C)C. The second-order valence-corrected chi connectivity index (χ2v) is 6.01. The van der Waals surface area contributed by atoms with Crippen LogP contribution in [0.1, 0.15) is 38.8 Å². The smallest absolute Gasteiger partial charge is 0.239 e. The van der Waals surface area contributed by atoms with Gasteiger partial charge in [0.15, 0.2) is 0 Å². The standard InChI is InChI=1S/C16H24F2N2O/c1-10(2)6-15(16(21)20(4)5)19-11(3)12-7-13(17)9-14(18)8-12/h7-11,15,19H,6H2,1-5H3. The number of halogens is 2. The summed E-state index contributed by atoms with van der Waals surface area (Å²) in [6.07, 6.45) is 0.666. The van der Waals surface area contributed by atoms with Crippen molar-refractivity contribution in [3.63, 3.8) is 0 Å². The highest BCUT2D eigenvalue weighted by Crippen LogP contribution is 2.18. The van der Waals surface area contributed by atoms with Crippen LogP contribution in [0.3, 0.4) is 0 Å². The second kappa shape index (κ2) is 7.50. The highest BCUT2D eigenvalue weighted by Gasteiger charge is 2.23. The number of carbonyl (C=O) groups excluding carboxylic acids is 1. The number of likely N-dealkylation sites (N-methyl/N-ethyl adjacent to an activating group) is 1. The van der Waals surface area contributed by atoms with Gasteiger partial charge < -0.3 is 4.90 Å². The highest BCUT2D eigenvalue weighted by molar-refractivity contribution is 5.81. The van der Waals surface area contributed by atoms with Gasteiger partial charge in [-0.05, 0) is 37.0 Å². The van der Waals surface area contributed by atoms with Gasteiger partial charge >= 0.3 is 0 Å². The molecule has 0 saturated carbocycles. The number of hydrogen-bond acceptors (Lipinski definition) is 2. The van der Waals surface area contributed by atoms with Crippen LogP contribution in [0.4, 0.5) is 8.78 Å². The van der Waals surface area contributed by atoms with Crippen molar-refractivity contribution < 1.29 is 13.6 Å². The van der Waals surface area contributed by atoms with Crippen LogP contribution in [0.5, 0.6) is 0 Å². The van der Waals surface area contributed by atoms with E-state index in [0.29, 0.717) is 17.9 Å². The molecule has 0 spiro atoms. The Morgan fingerprint density at radius 2 is 1.67 bits per heavy atom. The average molecular weight is 298 g/mol. The Morgan fingerprint density at radius 3 is 2.10 bits per heavy atom. The predicted octanol–water partition coefficient (Wildman–Crippen LogP) is 3.12. The van der Waals surface area contributed by atoms with Crippen molar-refractivity contribution in [3.8, 4) is 0 Å². The van der Waals surface area contributed by atoms with Gasteiger partial charge in [-0.25, -0.2) is 8.78 Å². The first-order valence-corrected chi connectivity index (χ1v) is 7.14. The fraction of sp³-hybridized carbons (Fsp3) is 0.562. The third-order valence-corrected chi connectivity index (χ3v) is 3.28. The normalized spacial score (nSPS) is 14.1. The molecule has 3 nitrogen and oxygen atoms in total. The number of amides is 1. The molecule has 1 rings (SSSR count). The molecule has 0 aliphatic carbocycles. The zero-order chi connectivity index (χ0) is 16.2. The Bertz CT molecular complexity index is 469. The van der Waals surface area contributed by atoms with Crippen molar-refractivity contribution in [3.05, 3.63) is 35.4 Å². The minimum Gasteiger partial charge on any atom is -0.347 e. The molecular weight excluding hydrogens is 274 g/mol. The van der Waals surface area contributed by atoms with E-state index in [1.165, 1.54) is 17.0 Å². The van der Waals surface area contributed by atoms with Gasteiger partial charge in [-0.3, -0.25) is 10.1 Å². The molecule has 0 aliphatic rings. The Labute approximate surface area is 125 Å². The molecule has 0 bridgehead atoms. The third-order valence-electron chi connectivity index (χ3n) is 3.28. The maximum Gasteiger partial charge on any atom is 0.239 e. The summed E-state index contributed by atoms with van der Waals surface area (Å²) in [5.41, 5.74) is 0.493. The van der Waals surface area contributed by atoms with E-state index in [2.05, 4.69) is 5.32 Å². The first-order valence-electron chi connectivity index (χ1n) is 7.14. The summed E-state index contributed by atoms with van der Waals surface area (Å²) >= 11 is 0. The average Bonchev–Trinajstić information content (AvgIpc) is 2.35. The molecule has 0 fully saturated rings. The van der Waals surface area contributed by atoms with Crippen LogP contribution in [-0.2, 0) is 4.79 Å². The lowest BCUT2D eigenvalue weighted by Crippen LogP contribution is -2.45. The van der Waals surface area contributed by atoms with Gasteiger partial charge in [-0.1, -0.05) is 13.8 Å². The van der Waals surface area contributed by atoms with E-state index in [1.54, 1.807) is 21.0 Å². The number of carbonyl (C=O) groups is 1. The molecule has 0 aromatic heterocycles. The van der Waals surface area contributed by atoms with Crippen molar-refractivity contribution in [1.29, 1.82) is 0 Å². The maximum absolute atomic E-state index is 13.3. The first kappa shape index (κ1) is 17.6. The van der Waals surface area contributed by atoms with Crippen LogP contribution < -0.4 is 5.32 Å². The topological polar surface area (TPSA) is 32.3 Å². The van der Waals surface area contributed by atoms with E-state index in [9.17, 15) is 13.6 Å². The molecule has 2 unspecified atom stereocenters. The van der Waals surface area contributed by atoms with E-state index in [4.69, 9.17) is 0 Å². The zero-order valence-corrected chi connectivity index (χ0v) is 13.3. The summed E-state index contributed by atoms with van der Waals surface area (Å²) in [4.78, 5) is 13.7. The number of nitrogens with zero attached hydrogens (tertiary/aromatic N) is 1. The quantitative estimate of drug-likeness (QED) is 0.875. The van der Waals surface area contributed by atoms with Crippen LogP contribution in [0, 0.1) is 17.6 Å². The minimum atomic E-state index is -0.613. The van der Waals surface area contributed by atoms with Crippen LogP contribution >= 0.6 is 0 Å². The van der Waals surface area contributed by atoms with E-state index in [0.717, 1.165) is 6.07 Å². The molecular formula is C16H24F2N2O. The molecule has 0 radical (unpaired) electrons. The molecule has 0 saturated heterocycles. The fourth-order valence-electron chi connectivity index (χ4n) is 2.25. The van der Waals surface area contributed by atoms with Crippen LogP contribution in [-0.4, -0.2) is 30.9 Å². The summed E-state index contributed by atoms with van der Waals surface area (Å²) in [6.45, 7) is 5.86. The van der Waals surface area contributed by atoms with E-state index >= 15 is 0 Å². The number of nitrogens with one attached hydrogen (secondary N) is 1. The number of hydrogen-bond donors (Lipinski definition) is 1. The monoisotopic (exact) mass is 298 g/mol. The molecule has 5 heteroatoms. The Balaban J connectivity index is 2.88. The Morgan fingerprint density at radius 1 is 1.14 bits per heavy atom. The van der Waals surface area contributed by atoms with Crippen molar-refractivity contribution in [2.75, 3.05) is 14.1 Å². The molecule has 1 aromatic carbocycles. The van der Waals surface area contributed by atoms with Crippen molar-refractivity contribution in [2.45, 2.75) is 39.3 Å². The highest BCUT2D eigenvalue weighted by atomic mass is 19.1. The lowest BCUT2D eigenvalue weighted by Gasteiger charge is -2.26. The molecule has 21 heavy (non-hydrogen) atoms. The Hall–Kier alpha value is -1.49. The lowest BCUT2D eigenvalue weighted by molar-refractivity contribution is -0.131. The summed E-state index contributed by atoms with van der Waals surface area (Å²) in [6, 6.07) is 2.72. The number of benzene rings is 1. The van der Waals surface area contributed by atoms with Gasteiger partial charge in [0.1, 0.15) is 11.6 Å². The van der Waals surface area contributed by atoms with Gasteiger partial charge in [-0.15, -0.1) is 0 Å². The van der Waals surface area contributed by atoms with Crippen molar-refractivity contribution >= 4 is 5.91 Å². The molecule has 0 aliphatic heterocycles. The summed E-state index contributed by atoms with van der Waals surface area (Å²) in [7, 11) is 3.40. The molecule has 0 heterocycles. The van der Waals surface area contributed by atoms with Crippen molar-refractivity contribution in [2.24, 2.45) is 5.92 Å². The summed E-state index contributed by atoms with van der Waals surface area (Å²) in [5, 5.41) is 3.18. The first-order chi connectivity index (χ1) is 9.70. The zero-order valence-electron chi connectivity index (χ0n) is 13.3. The van der Waals surface area contributed by atoms with E-state index in [1.807, 2.05) is 13.8 Å². The minimum absolute atomic E-state index is 0.0348. The molecule has 1 amide bonds. The molecule has 118 valence electrons. The maximum atomic E-state index is 13.3. The van der Waals surface area contributed by atoms with Gasteiger partial charge in [0.25, 0.3) is 0 Å². The molecule has 1 aromatic rings. The molecule has 1 N–H and O–H groups in total. The van der Waals surface area contributed by atoms with E-state index in [-0.39, 0.29) is 18.0 Å². The lowest BCUT2D eigenvalue weighted by atomic mass is 10.00. The summed E-state index contributed by atoms with van der Waals surface area (Å²) in [5.74, 6) is -0.925. The summed E-state index contributed by atoms with van der Waals surface area (Å²) < 4.78 is 26.6. The van der Waals surface area contributed by atoms with Gasteiger partial charge in [0.05, 0.1) is 6.04 Å². The van der Waals surface area contributed by atoms with Crippen LogP contribution in [0.25, 0.3) is 0 Å². The van der Waals surface area contributed by atoms with Crippen LogP contribution in [0.2, 0.25) is 0 Å².